The number of phenolic OH excluding ortho intramolecular Hbond substituents is 1. The first-order valence-corrected chi connectivity index (χ1v) is 5.63. The Balaban J connectivity index is 3.11. The van der Waals surface area contributed by atoms with E-state index in [1.54, 1.807) is 12.1 Å². The number of hydrogen-bond donors (Lipinski definition) is 2. The Labute approximate surface area is 97.8 Å². The van der Waals surface area contributed by atoms with Gasteiger partial charge in [-0.05, 0) is 18.6 Å². The van der Waals surface area contributed by atoms with Gasteiger partial charge < -0.3 is 14.9 Å². The minimum Gasteiger partial charge on any atom is -0.504 e. The molecular formula is C11H15BrO3. The second-order valence-electron chi connectivity index (χ2n) is 3.35. The topological polar surface area (TPSA) is 49.7 Å². The Hall–Kier alpha value is -0.740. The lowest BCUT2D eigenvalue weighted by Gasteiger charge is -2.14. The lowest BCUT2D eigenvalue weighted by Crippen LogP contribution is -1.98. The maximum atomic E-state index is 9.81. The average Bonchev–Trinajstić information content (AvgIpc) is 2.21. The van der Waals surface area contributed by atoms with E-state index in [-0.39, 0.29) is 5.75 Å². The quantitative estimate of drug-likeness (QED) is 0.888. The molecule has 0 aromatic heterocycles. The van der Waals surface area contributed by atoms with Gasteiger partial charge in [0.2, 0.25) is 0 Å². The fraction of sp³-hybridized carbons (Fsp3) is 0.455. The van der Waals surface area contributed by atoms with Gasteiger partial charge >= 0.3 is 0 Å². The molecule has 84 valence electrons. The summed E-state index contributed by atoms with van der Waals surface area (Å²) in [6.07, 6.45) is 0.823. The van der Waals surface area contributed by atoms with Gasteiger partial charge in [0.25, 0.3) is 0 Å². The Bertz CT molecular complexity index is 339. The average molecular weight is 275 g/mol. The van der Waals surface area contributed by atoms with E-state index in [0.29, 0.717) is 17.7 Å². The molecule has 0 saturated heterocycles. The van der Waals surface area contributed by atoms with E-state index in [4.69, 9.17) is 4.74 Å². The summed E-state index contributed by atoms with van der Waals surface area (Å²) in [6.45, 7) is 1.98. The third-order valence-corrected chi connectivity index (χ3v) is 2.67. The van der Waals surface area contributed by atoms with Crippen LogP contribution >= 0.6 is 15.9 Å². The van der Waals surface area contributed by atoms with Crippen LogP contribution in [0.3, 0.4) is 0 Å². The first-order chi connectivity index (χ1) is 7.10. The summed E-state index contributed by atoms with van der Waals surface area (Å²) in [5.41, 5.74) is 0.503. The van der Waals surface area contributed by atoms with E-state index >= 15 is 0 Å². The standard InChI is InChI=1S/C11H15BrO3/c1-3-4-9(13)8-5-7(12)6-10(15-2)11(8)14/h5-6,9,13-14H,3-4H2,1-2H3. The summed E-state index contributed by atoms with van der Waals surface area (Å²) in [5, 5.41) is 19.6. The summed E-state index contributed by atoms with van der Waals surface area (Å²) in [4.78, 5) is 0. The largest absolute Gasteiger partial charge is 0.504 e. The van der Waals surface area contributed by atoms with Crippen LogP contribution in [0, 0.1) is 0 Å². The molecule has 1 aromatic rings. The van der Waals surface area contributed by atoms with E-state index in [9.17, 15) is 10.2 Å². The molecule has 0 heterocycles. The van der Waals surface area contributed by atoms with Crippen LogP contribution in [0.2, 0.25) is 0 Å². The molecule has 3 nitrogen and oxygen atoms in total. The van der Waals surface area contributed by atoms with E-state index in [2.05, 4.69) is 15.9 Å². The highest BCUT2D eigenvalue weighted by Gasteiger charge is 2.16. The summed E-state index contributed by atoms with van der Waals surface area (Å²) < 4.78 is 5.78. The fourth-order valence-corrected chi connectivity index (χ4v) is 1.89. The van der Waals surface area contributed by atoms with Crippen molar-refractivity contribution in [3.63, 3.8) is 0 Å². The van der Waals surface area contributed by atoms with Gasteiger partial charge in [-0.25, -0.2) is 0 Å². The van der Waals surface area contributed by atoms with Crippen LogP contribution in [0.5, 0.6) is 11.5 Å². The molecule has 0 bridgehead atoms. The monoisotopic (exact) mass is 274 g/mol. The van der Waals surface area contributed by atoms with Crippen LogP contribution in [-0.4, -0.2) is 17.3 Å². The predicted molar refractivity (Wildman–Crippen MR) is 62.2 cm³/mol. The third kappa shape index (κ3) is 2.86. The number of aliphatic hydroxyl groups is 1. The van der Waals surface area contributed by atoms with Crippen LogP contribution in [-0.2, 0) is 0 Å². The van der Waals surface area contributed by atoms with E-state index in [1.165, 1.54) is 7.11 Å². The highest BCUT2D eigenvalue weighted by Crippen LogP contribution is 2.38. The molecule has 0 saturated carbocycles. The number of rotatable bonds is 4. The van der Waals surface area contributed by atoms with Crippen molar-refractivity contribution in [3.05, 3.63) is 22.2 Å². The SMILES string of the molecule is CCCC(O)c1cc(Br)cc(OC)c1O. The second kappa shape index (κ2) is 5.37. The summed E-state index contributed by atoms with van der Waals surface area (Å²) >= 11 is 3.31. The van der Waals surface area contributed by atoms with Crippen molar-refractivity contribution in [2.75, 3.05) is 7.11 Å². The van der Waals surface area contributed by atoms with Crippen molar-refractivity contribution in [2.24, 2.45) is 0 Å². The number of benzene rings is 1. The van der Waals surface area contributed by atoms with Gasteiger partial charge in [0.1, 0.15) is 0 Å². The van der Waals surface area contributed by atoms with Crippen LogP contribution in [0.15, 0.2) is 16.6 Å². The predicted octanol–water partition coefficient (Wildman–Crippen LogP) is 3.00. The molecule has 1 unspecified atom stereocenters. The number of phenols is 1. The smallest absolute Gasteiger partial charge is 0.163 e. The lowest BCUT2D eigenvalue weighted by atomic mass is 10.0. The number of aromatic hydroxyl groups is 1. The fourth-order valence-electron chi connectivity index (χ4n) is 1.43. The first kappa shape index (κ1) is 12.3. The van der Waals surface area contributed by atoms with Crippen molar-refractivity contribution < 1.29 is 14.9 Å². The second-order valence-corrected chi connectivity index (χ2v) is 4.27. The molecule has 1 atom stereocenters. The Morgan fingerprint density at radius 3 is 2.67 bits per heavy atom. The van der Waals surface area contributed by atoms with Gasteiger partial charge in [-0.2, -0.15) is 0 Å². The lowest BCUT2D eigenvalue weighted by molar-refractivity contribution is 0.162. The minimum atomic E-state index is -0.651. The normalized spacial score (nSPS) is 12.5. The van der Waals surface area contributed by atoms with Crippen molar-refractivity contribution in [2.45, 2.75) is 25.9 Å². The molecule has 0 aliphatic carbocycles. The van der Waals surface area contributed by atoms with Crippen LogP contribution in [0.25, 0.3) is 0 Å². The van der Waals surface area contributed by atoms with Gasteiger partial charge in [0, 0.05) is 10.0 Å². The van der Waals surface area contributed by atoms with Gasteiger partial charge in [-0.1, -0.05) is 29.3 Å². The molecule has 4 heteroatoms. The van der Waals surface area contributed by atoms with Crippen molar-refractivity contribution >= 4 is 15.9 Å². The first-order valence-electron chi connectivity index (χ1n) is 4.84. The zero-order valence-electron chi connectivity index (χ0n) is 8.83. The molecule has 1 aromatic carbocycles. The van der Waals surface area contributed by atoms with E-state index in [0.717, 1.165) is 10.9 Å². The van der Waals surface area contributed by atoms with Gasteiger partial charge in [-0.3, -0.25) is 0 Å². The third-order valence-electron chi connectivity index (χ3n) is 2.21. The maximum absolute atomic E-state index is 9.81. The van der Waals surface area contributed by atoms with E-state index in [1.807, 2.05) is 6.92 Å². The number of methoxy groups -OCH3 is 1. The van der Waals surface area contributed by atoms with Gasteiger partial charge in [0.15, 0.2) is 11.5 Å². The maximum Gasteiger partial charge on any atom is 0.163 e. The van der Waals surface area contributed by atoms with Gasteiger partial charge in [0.05, 0.1) is 13.2 Å². The van der Waals surface area contributed by atoms with Crippen molar-refractivity contribution in [3.8, 4) is 11.5 Å². The Morgan fingerprint density at radius 1 is 1.47 bits per heavy atom. The molecule has 2 N–H and O–H groups in total. The molecule has 0 radical (unpaired) electrons. The van der Waals surface area contributed by atoms with Crippen LogP contribution in [0.4, 0.5) is 0 Å². The van der Waals surface area contributed by atoms with E-state index < -0.39 is 6.10 Å². The van der Waals surface area contributed by atoms with Crippen LogP contribution < -0.4 is 4.74 Å². The number of aliphatic hydroxyl groups excluding tert-OH is 1. The number of halogens is 1. The molecule has 0 fully saturated rings. The summed E-state index contributed by atoms with van der Waals surface area (Å²) in [6, 6.07) is 3.37. The summed E-state index contributed by atoms with van der Waals surface area (Å²) in [5.74, 6) is 0.385. The van der Waals surface area contributed by atoms with Gasteiger partial charge in [-0.15, -0.1) is 0 Å². The molecule has 0 amide bonds. The molecule has 0 aliphatic heterocycles. The molecule has 0 aliphatic rings. The highest BCUT2D eigenvalue weighted by molar-refractivity contribution is 9.10. The molecule has 0 spiro atoms. The Kier molecular flexibility index (Phi) is 4.42. The van der Waals surface area contributed by atoms with Crippen LogP contribution in [0.1, 0.15) is 31.4 Å². The highest BCUT2D eigenvalue weighted by atomic mass is 79.9. The molecular weight excluding hydrogens is 260 g/mol. The molecule has 1 rings (SSSR count). The zero-order valence-corrected chi connectivity index (χ0v) is 10.4. The minimum absolute atomic E-state index is 0.0154. The summed E-state index contributed by atoms with van der Waals surface area (Å²) in [7, 11) is 1.48. The van der Waals surface area contributed by atoms with Crippen molar-refractivity contribution in [1.82, 2.24) is 0 Å². The van der Waals surface area contributed by atoms with Crippen molar-refractivity contribution in [1.29, 1.82) is 0 Å². The Morgan fingerprint density at radius 2 is 2.13 bits per heavy atom. The number of hydrogen-bond acceptors (Lipinski definition) is 3. The number of ether oxygens (including phenoxy) is 1. The zero-order chi connectivity index (χ0) is 11.4. The molecule has 15 heavy (non-hydrogen) atoms.